The van der Waals surface area contributed by atoms with Crippen molar-refractivity contribution in [2.45, 2.75) is 43.1 Å². The van der Waals surface area contributed by atoms with Gasteiger partial charge in [-0.15, -0.1) is 10.2 Å². The van der Waals surface area contributed by atoms with E-state index in [2.05, 4.69) is 25.5 Å². The number of hydrogen-bond donors (Lipinski definition) is 2. The van der Waals surface area contributed by atoms with Crippen LogP contribution < -0.4 is 10.1 Å². The van der Waals surface area contributed by atoms with E-state index in [1.54, 1.807) is 41.5 Å². The molecule has 2 aliphatic rings. The number of benzene rings is 1. The summed E-state index contributed by atoms with van der Waals surface area (Å²) in [4.78, 5) is 8.20. The number of phenols is 1. The molecule has 9 nitrogen and oxygen atoms in total. The Hall–Kier alpha value is -3.18. The zero-order chi connectivity index (χ0) is 21.6. The van der Waals surface area contributed by atoms with Gasteiger partial charge in [0.25, 0.3) is 11.8 Å². The molecule has 2 fully saturated rings. The minimum absolute atomic E-state index is 0.0155. The number of imidazole rings is 1. The molecule has 4 atom stereocenters. The molecule has 2 bridgehead atoms. The molecule has 1 aromatic carbocycles. The van der Waals surface area contributed by atoms with Gasteiger partial charge in [0, 0.05) is 44.5 Å². The molecule has 0 saturated carbocycles. The summed E-state index contributed by atoms with van der Waals surface area (Å²) in [5.41, 5.74) is 1.13. The third kappa shape index (κ3) is 3.59. The first-order valence-corrected chi connectivity index (χ1v) is 9.79. The Labute approximate surface area is 176 Å². The number of hydrogen-bond acceptors (Lipinski definition) is 8. The third-order valence-electron chi connectivity index (χ3n) is 5.76. The second-order valence-corrected chi connectivity index (χ2v) is 7.67. The van der Waals surface area contributed by atoms with Crippen molar-refractivity contribution in [2.75, 3.05) is 7.11 Å². The Morgan fingerprint density at radius 3 is 2.84 bits per heavy atom. The highest BCUT2D eigenvalue weighted by atomic mass is 19.3. The summed E-state index contributed by atoms with van der Waals surface area (Å²) in [5, 5.41) is 21.3. The zero-order valence-electron chi connectivity index (χ0n) is 16.5. The number of ether oxygens (including phenoxy) is 2. The molecule has 2 aromatic heterocycles. The second-order valence-electron chi connectivity index (χ2n) is 7.67. The summed E-state index contributed by atoms with van der Waals surface area (Å²) in [6, 6.07) is 3.59. The number of nitrogens with zero attached hydrogens (tertiary/aromatic N) is 5. The first-order chi connectivity index (χ1) is 14.9. The summed E-state index contributed by atoms with van der Waals surface area (Å²) in [6.45, 7) is 0. The van der Waals surface area contributed by atoms with E-state index >= 15 is 0 Å². The minimum Gasteiger partial charge on any atom is -0.507 e. The van der Waals surface area contributed by atoms with Crippen LogP contribution in [0.2, 0.25) is 0 Å². The van der Waals surface area contributed by atoms with Crippen LogP contribution in [0.1, 0.15) is 12.8 Å². The zero-order valence-corrected chi connectivity index (χ0v) is 16.5. The van der Waals surface area contributed by atoms with Gasteiger partial charge in [-0.25, -0.2) is 18.7 Å². The Kier molecular flexibility index (Phi) is 4.78. The van der Waals surface area contributed by atoms with Crippen molar-refractivity contribution in [1.29, 1.82) is 0 Å². The molecule has 11 heteroatoms. The van der Waals surface area contributed by atoms with Crippen molar-refractivity contribution >= 4 is 0 Å². The first kappa shape index (κ1) is 19.8. The van der Waals surface area contributed by atoms with Gasteiger partial charge < -0.3 is 24.5 Å². The van der Waals surface area contributed by atoms with Crippen molar-refractivity contribution in [3.8, 4) is 28.7 Å². The lowest BCUT2D eigenvalue weighted by atomic mass is 9.99. The molecule has 0 aliphatic carbocycles. The molecule has 2 N–H and O–H groups in total. The van der Waals surface area contributed by atoms with Gasteiger partial charge in [0.1, 0.15) is 18.0 Å². The van der Waals surface area contributed by atoms with E-state index in [0.29, 0.717) is 5.56 Å². The number of halogens is 2. The van der Waals surface area contributed by atoms with Crippen LogP contribution in [0.15, 0.2) is 43.1 Å². The van der Waals surface area contributed by atoms with Gasteiger partial charge in [-0.3, -0.25) is 0 Å². The van der Waals surface area contributed by atoms with Crippen LogP contribution in [0, 0.1) is 0 Å². The van der Waals surface area contributed by atoms with E-state index in [4.69, 9.17) is 9.47 Å². The predicted octanol–water partition coefficient (Wildman–Crippen LogP) is 1.96. The second kappa shape index (κ2) is 7.50. The molecule has 2 saturated heterocycles. The summed E-state index contributed by atoms with van der Waals surface area (Å²) in [6.07, 6.45) is 5.05. The lowest BCUT2D eigenvalue weighted by molar-refractivity contribution is -0.0492. The molecule has 2 aliphatic heterocycles. The van der Waals surface area contributed by atoms with Crippen LogP contribution in [0.25, 0.3) is 17.1 Å². The van der Waals surface area contributed by atoms with Gasteiger partial charge in [-0.05, 0) is 12.1 Å². The van der Waals surface area contributed by atoms with Crippen molar-refractivity contribution in [3.05, 3.63) is 43.1 Å². The monoisotopic (exact) mass is 430 g/mol. The Balaban J connectivity index is 1.33. The Bertz CT molecular complexity index is 1060. The number of rotatable bonds is 5. The van der Waals surface area contributed by atoms with Crippen molar-refractivity contribution < 1.29 is 23.4 Å². The highest BCUT2D eigenvalue weighted by molar-refractivity contribution is 5.65. The smallest absolute Gasteiger partial charge is 0.264 e. The first-order valence-electron chi connectivity index (χ1n) is 9.79. The van der Waals surface area contributed by atoms with Crippen LogP contribution in [-0.4, -0.2) is 67.2 Å². The SMILES string of the molecule is CO[C@@H]1[C@@H](Oc2cnc(-c3ccc(-n4ccnc4)cc3O)nn2)C[C@H]2N[C@@H]1CC2(F)F. The van der Waals surface area contributed by atoms with Gasteiger partial charge in [0.05, 0.1) is 29.8 Å². The number of methoxy groups -OCH3 is 1. The van der Waals surface area contributed by atoms with E-state index < -0.39 is 30.2 Å². The van der Waals surface area contributed by atoms with Crippen molar-refractivity contribution in [3.63, 3.8) is 0 Å². The van der Waals surface area contributed by atoms with Gasteiger partial charge in [0.2, 0.25) is 0 Å². The fraction of sp³-hybridized carbons (Fsp3) is 0.400. The maximum atomic E-state index is 14.1. The number of aromatic nitrogens is 5. The summed E-state index contributed by atoms with van der Waals surface area (Å²) < 4.78 is 41.1. The highest BCUT2D eigenvalue weighted by Crippen LogP contribution is 2.41. The molecule has 3 aromatic rings. The minimum atomic E-state index is -2.80. The third-order valence-corrected chi connectivity index (χ3v) is 5.76. The normalized spacial score (nSPS) is 26.7. The molecule has 4 heterocycles. The molecule has 0 amide bonds. The number of aromatic hydroxyl groups is 1. The van der Waals surface area contributed by atoms with Crippen LogP contribution in [0.4, 0.5) is 8.78 Å². The maximum absolute atomic E-state index is 14.1. The molecule has 0 radical (unpaired) electrons. The number of alkyl halides is 2. The number of phenolic OH excluding ortho intramolecular Hbond substituents is 1. The van der Waals surface area contributed by atoms with E-state index in [9.17, 15) is 13.9 Å². The fourth-order valence-electron chi connectivity index (χ4n) is 4.26. The Morgan fingerprint density at radius 2 is 2.16 bits per heavy atom. The highest BCUT2D eigenvalue weighted by Gasteiger charge is 2.57. The maximum Gasteiger partial charge on any atom is 0.264 e. The largest absolute Gasteiger partial charge is 0.507 e. The Morgan fingerprint density at radius 1 is 1.29 bits per heavy atom. The van der Waals surface area contributed by atoms with Gasteiger partial charge in [-0.1, -0.05) is 0 Å². The van der Waals surface area contributed by atoms with E-state index in [-0.39, 0.29) is 30.3 Å². The van der Waals surface area contributed by atoms with Crippen molar-refractivity contribution in [2.24, 2.45) is 0 Å². The topological polar surface area (TPSA) is 107 Å². The van der Waals surface area contributed by atoms with Crippen LogP contribution in [0.5, 0.6) is 11.6 Å². The summed E-state index contributed by atoms with van der Waals surface area (Å²) in [5.74, 6) is -2.50. The molecular weight excluding hydrogens is 410 g/mol. The lowest BCUT2D eigenvalue weighted by Crippen LogP contribution is -2.55. The summed E-state index contributed by atoms with van der Waals surface area (Å²) >= 11 is 0. The molecule has 0 unspecified atom stereocenters. The molecule has 31 heavy (non-hydrogen) atoms. The van der Waals surface area contributed by atoms with E-state index in [0.717, 1.165) is 5.69 Å². The lowest BCUT2D eigenvalue weighted by Gasteiger charge is -2.35. The van der Waals surface area contributed by atoms with Crippen LogP contribution in [-0.2, 0) is 4.74 Å². The average molecular weight is 430 g/mol. The number of nitrogens with one attached hydrogen (secondary N) is 1. The fourth-order valence-corrected chi connectivity index (χ4v) is 4.26. The van der Waals surface area contributed by atoms with Crippen LogP contribution in [0.3, 0.4) is 0 Å². The van der Waals surface area contributed by atoms with Crippen LogP contribution >= 0.6 is 0 Å². The summed E-state index contributed by atoms with van der Waals surface area (Å²) in [7, 11) is 1.47. The van der Waals surface area contributed by atoms with Crippen molar-refractivity contribution in [1.82, 2.24) is 30.0 Å². The quantitative estimate of drug-likeness (QED) is 0.633. The number of fused-ring (bicyclic) bond motifs is 2. The predicted molar refractivity (Wildman–Crippen MR) is 104 cm³/mol. The van der Waals surface area contributed by atoms with Gasteiger partial charge in [-0.2, -0.15) is 0 Å². The molecular formula is C20H20F2N6O3. The van der Waals surface area contributed by atoms with E-state index in [1.807, 2.05) is 0 Å². The molecule has 5 rings (SSSR count). The van der Waals surface area contributed by atoms with Gasteiger partial charge in [0.15, 0.2) is 5.82 Å². The molecule has 0 spiro atoms. The standard InChI is InChI=1S/C20H20F2N6O3/c1-30-18-13-8-20(21,22)16(25-13)7-15(18)31-17-9-24-19(27-26-17)12-3-2-11(6-14(12)29)28-5-4-23-10-28/h2-6,9-10,13,15-16,18,25,29H,7-8H2,1H3/t13-,15+,16-,18+/m1/s1. The van der Waals surface area contributed by atoms with E-state index in [1.165, 1.54) is 13.3 Å². The average Bonchev–Trinajstić information content (AvgIpc) is 3.36. The molecule has 162 valence electrons. The number of piperidine rings is 1. The van der Waals surface area contributed by atoms with Gasteiger partial charge >= 0.3 is 0 Å².